The van der Waals surface area contributed by atoms with Gasteiger partial charge in [0.1, 0.15) is 5.75 Å². The van der Waals surface area contributed by atoms with Crippen LogP contribution < -0.4 is 9.64 Å². The molecule has 2 aromatic rings. The Morgan fingerprint density at radius 2 is 2.14 bits per heavy atom. The molecule has 0 amide bonds. The second kappa shape index (κ2) is 5.76. The minimum absolute atomic E-state index is 0.537. The number of anilines is 1. The van der Waals surface area contributed by atoms with Gasteiger partial charge in [0.25, 0.3) is 0 Å². The molecule has 0 atom stereocenters. The molecule has 1 aliphatic heterocycles. The van der Waals surface area contributed by atoms with Crippen molar-refractivity contribution in [2.75, 3.05) is 11.6 Å². The van der Waals surface area contributed by atoms with Crippen LogP contribution in [0.25, 0.3) is 0 Å². The van der Waals surface area contributed by atoms with E-state index in [2.05, 4.69) is 41.7 Å². The lowest BCUT2D eigenvalue weighted by Crippen LogP contribution is -2.32. The Bertz CT molecular complexity index is 712. The van der Waals surface area contributed by atoms with E-state index in [0.717, 1.165) is 30.0 Å². The average molecular weight is 275 g/mol. The second-order valence-corrected chi connectivity index (χ2v) is 5.06. The molecule has 1 heterocycles. The highest BCUT2D eigenvalue weighted by atomic mass is 16.5. The number of benzene rings is 2. The number of fused-ring (bicyclic) bond motifs is 1. The van der Waals surface area contributed by atoms with Crippen molar-refractivity contribution in [1.29, 1.82) is 0 Å². The lowest BCUT2D eigenvalue weighted by molar-refractivity contribution is 0.287. The molecule has 2 aromatic carbocycles. The third kappa shape index (κ3) is 2.64. The molecule has 2 heteroatoms. The maximum Gasteiger partial charge on any atom is 0.161 e. The summed E-state index contributed by atoms with van der Waals surface area (Å²) in [5, 5.41) is 0. The lowest BCUT2D eigenvalue weighted by Gasteiger charge is -2.32. The number of para-hydroxylation sites is 1. The molecular formula is C19H17NO. The van der Waals surface area contributed by atoms with Crippen molar-refractivity contribution >= 4 is 5.69 Å². The topological polar surface area (TPSA) is 12.5 Å². The Morgan fingerprint density at radius 3 is 2.95 bits per heavy atom. The number of nitrogens with zero attached hydrogens (tertiary/aromatic N) is 1. The van der Waals surface area contributed by atoms with Gasteiger partial charge in [-0.25, -0.2) is 0 Å². The number of allylic oxidation sites excluding steroid dienone is 1. The van der Waals surface area contributed by atoms with E-state index in [1.165, 1.54) is 11.1 Å². The van der Waals surface area contributed by atoms with Gasteiger partial charge in [-0.15, -0.1) is 13.0 Å². The lowest BCUT2D eigenvalue weighted by atomic mass is 10.0. The predicted molar refractivity (Wildman–Crippen MR) is 86.4 cm³/mol. The summed E-state index contributed by atoms with van der Waals surface area (Å²) in [4.78, 5) is 2.18. The number of rotatable bonds is 3. The summed E-state index contributed by atoms with van der Waals surface area (Å²) >= 11 is 0. The number of terminal acetylenes is 1. The summed E-state index contributed by atoms with van der Waals surface area (Å²) in [5.74, 6) is 3.67. The first-order valence-electron chi connectivity index (χ1n) is 6.98. The van der Waals surface area contributed by atoms with E-state index in [0.29, 0.717) is 6.73 Å². The molecule has 1 aliphatic rings. The molecule has 3 rings (SSSR count). The van der Waals surface area contributed by atoms with Gasteiger partial charge < -0.3 is 9.64 Å². The summed E-state index contributed by atoms with van der Waals surface area (Å²) < 4.78 is 5.97. The molecule has 0 saturated carbocycles. The Morgan fingerprint density at radius 1 is 1.29 bits per heavy atom. The molecule has 0 spiro atoms. The first-order chi connectivity index (χ1) is 10.3. The Balaban J connectivity index is 1.89. The molecule has 0 aromatic heterocycles. The second-order valence-electron chi connectivity index (χ2n) is 5.06. The molecule has 0 N–H and O–H groups in total. The largest absolute Gasteiger partial charge is 0.472 e. The van der Waals surface area contributed by atoms with Crippen LogP contribution in [0, 0.1) is 12.3 Å². The third-order valence-electron chi connectivity index (χ3n) is 3.65. The molecule has 0 radical (unpaired) electrons. The number of hydrogen-bond donors (Lipinski definition) is 0. The zero-order valence-electron chi connectivity index (χ0n) is 11.9. The van der Waals surface area contributed by atoms with Gasteiger partial charge in [0.05, 0.1) is 0 Å². The Kier molecular flexibility index (Phi) is 3.66. The van der Waals surface area contributed by atoms with Crippen LogP contribution in [0.5, 0.6) is 5.75 Å². The van der Waals surface area contributed by atoms with E-state index in [1.807, 2.05) is 24.3 Å². The van der Waals surface area contributed by atoms with Gasteiger partial charge in [0.2, 0.25) is 0 Å². The van der Waals surface area contributed by atoms with E-state index >= 15 is 0 Å². The summed E-state index contributed by atoms with van der Waals surface area (Å²) in [6, 6.07) is 14.3. The van der Waals surface area contributed by atoms with Crippen LogP contribution in [0.4, 0.5) is 5.69 Å². The van der Waals surface area contributed by atoms with Gasteiger partial charge in [-0.3, -0.25) is 0 Å². The SMILES string of the molecule is C#Cc1cccc(N2COc3c(CC=C)cccc3C2)c1. The molecule has 0 saturated heterocycles. The van der Waals surface area contributed by atoms with Gasteiger partial charge in [0, 0.05) is 23.4 Å². The van der Waals surface area contributed by atoms with Gasteiger partial charge >= 0.3 is 0 Å². The highest BCUT2D eigenvalue weighted by Gasteiger charge is 2.19. The van der Waals surface area contributed by atoms with Crippen LogP contribution in [0.3, 0.4) is 0 Å². The van der Waals surface area contributed by atoms with Crippen molar-refractivity contribution in [3.8, 4) is 18.1 Å². The van der Waals surface area contributed by atoms with Gasteiger partial charge in [-0.1, -0.05) is 36.3 Å². The molecule has 21 heavy (non-hydrogen) atoms. The van der Waals surface area contributed by atoms with Crippen LogP contribution in [-0.2, 0) is 13.0 Å². The molecule has 2 nitrogen and oxygen atoms in total. The average Bonchev–Trinajstić information content (AvgIpc) is 2.55. The minimum Gasteiger partial charge on any atom is -0.472 e. The zero-order valence-corrected chi connectivity index (χ0v) is 11.9. The van der Waals surface area contributed by atoms with Crippen molar-refractivity contribution in [3.05, 3.63) is 71.8 Å². The maximum absolute atomic E-state index is 5.97. The van der Waals surface area contributed by atoms with Crippen LogP contribution in [0.1, 0.15) is 16.7 Å². The summed E-state index contributed by atoms with van der Waals surface area (Å²) in [6.45, 7) is 5.17. The quantitative estimate of drug-likeness (QED) is 0.625. The highest BCUT2D eigenvalue weighted by Crippen LogP contribution is 2.32. The van der Waals surface area contributed by atoms with Crippen molar-refractivity contribution in [3.63, 3.8) is 0 Å². The van der Waals surface area contributed by atoms with Crippen LogP contribution in [0.2, 0.25) is 0 Å². The van der Waals surface area contributed by atoms with Crippen molar-refractivity contribution in [2.24, 2.45) is 0 Å². The smallest absolute Gasteiger partial charge is 0.161 e. The van der Waals surface area contributed by atoms with Gasteiger partial charge in [-0.2, -0.15) is 0 Å². The van der Waals surface area contributed by atoms with Crippen LogP contribution in [0.15, 0.2) is 55.1 Å². The van der Waals surface area contributed by atoms with Gasteiger partial charge in [0.15, 0.2) is 6.73 Å². The van der Waals surface area contributed by atoms with E-state index in [-0.39, 0.29) is 0 Å². The molecule has 104 valence electrons. The fourth-order valence-corrected chi connectivity index (χ4v) is 2.62. The summed E-state index contributed by atoms with van der Waals surface area (Å²) in [7, 11) is 0. The number of hydrogen-bond acceptors (Lipinski definition) is 2. The van der Waals surface area contributed by atoms with E-state index in [4.69, 9.17) is 11.2 Å². The van der Waals surface area contributed by atoms with Crippen molar-refractivity contribution < 1.29 is 4.74 Å². The fraction of sp³-hybridized carbons (Fsp3) is 0.158. The summed E-state index contributed by atoms with van der Waals surface area (Å²) in [5.41, 5.74) is 4.37. The molecule has 0 fully saturated rings. The molecule has 0 bridgehead atoms. The van der Waals surface area contributed by atoms with Crippen molar-refractivity contribution in [1.82, 2.24) is 0 Å². The van der Waals surface area contributed by atoms with Crippen LogP contribution in [-0.4, -0.2) is 6.73 Å². The molecule has 0 unspecified atom stereocenters. The standard InChI is InChI=1S/C19H17NO/c1-3-7-16-9-6-10-17-13-20(14-21-19(16)17)18-11-5-8-15(4-2)12-18/h2-3,5-6,8-12H,1,7,13-14H2. The Hall–Kier alpha value is -2.66. The summed E-state index contributed by atoms with van der Waals surface area (Å²) in [6.07, 6.45) is 8.20. The van der Waals surface area contributed by atoms with Gasteiger partial charge in [-0.05, 0) is 30.2 Å². The maximum atomic E-state index is 5.97. The molecule has 0 aliphatic carbocycles. The van der Waals surface area contributed by atoms with Crippen LogP contribution >= 0.6 is 0 Å². The Labute approximate surface area is 125 Å². The molecular weight excluding hydrogens is 258 g/mol. The van der Waals surface area contributed by atoms with E-state index < -0.39 is 0 Å². The normalized spacial score (nSPS) is 13.0. The predicted octanol–water partition coefficient (Wildman–Crippen LogP) is 3.75. The third-order valence-corrected chi connectivity index (χ3v) is 3.65. The first kappa shape index (κ1) is 13.3. The highest BCUT2D eigenvalue weighted by molar-refractivity contribution is 5.55. The minimum atomic E-state index is 0.537. The zero-order chi connectivity index (χ0) is 14.7. The van der Waals surface area contributed by atoms with E-state index in [1.54, 1.807) is 0 Å². The monoisotopic (exact) mass is 275 g/mol. The fourth-order valence-electron chi connectivity index (χ4n) is 2.62. The van der Waals surface area contributed by atoms with E-state index in [9.17, 15) is 0 Å². The number of ether oxygens (including phenoxy) is 1. The van der Waals surface area contributed by atoms with Crippen molar-refractivity contribution in [2.45, 2.75) is 13.0 Å². The first-order valence-corrected chi connectivity index (χ1v) is 6.98.